The monoisotopic (exact) mass is 338 g/mol. The Morgan fingerprint density at radius 1 is 1.48 bits per heavy atom. The van der Waals surface area contributed by atoms with Crippen molar-refractivity contribution in [3.63, 3.8) is 0 Å². The van der Waals surface area contributed by atoms with E-state index < -0.39 is 0 Å². The predicted octanol–water partition coefficient (Wildman–Crippen LogP) is 3.74. The van der Waals surface area contributed by atoms with E-state index in [1.807, 2.05) is 9.47 Å². The fourth-order valence-corrected chi connectivity index (χ4v) is 3.33. The molecular formula is C17H30N4OS. The topological polar surface area (TPSA) is 53.9 Å². The molecule has 23 heavy (non-hydrogen) atoms. The highest BCUT2D eigenvalue weighted by Crippen LogP contribution is 2.30. The van der Waals surface area contributed by atoms with Crippen LogP contribution < -0.4 is 0 Å². The van der Waals surface area contributed by atoms with E-state index in [4.69, 9.17) is 12.2 Å². The van der Waals surface area contributed by atoms with Gasteiger partial charge in [-0.15, -0.1) is 0 Å². The van der Waals surface area contributed by atoms with E-state index in [2.05, 4.69) is 44.8 Å². The van der Waals surface area contributed by atoms with Crippen LogP contribution in [0.15, 0.2) is 0 Å². The van der Waals surface area contributed by atoms with Crippen LogP contribution in [0.4, 0.5) is 0 Å². The number of H-pyrrole nitrogens is 1. The molecule has 1 fully saturated rings. The summed E-state index contributed by atoms with van der Waals surface area (Å²) in [4.78, 5) is 14.7. The molecular weight excluding hydrogens is 308 g/mol. The largest absolute Gasteiger partial charge is 0.342 e. The van der Waals surface area contributed by atoms with Crippen molar-refractivity contribution in [3.05, 3.63) is 10.6 Å². The van der Waals surface area contributed by atoms with E-state index in [-0.39, 0.29) is 17.2 Å². The summed E-state index contributed by atoms with van der Waals surface area (Å²) in [5, 5.41) is 7.31. The second kappa shape index (κ2) is 7.16. The molecule has 0 bridgehead atoms. The van der Waals surface area contributed by atoms with Gasteiger partial charge >= 0.3 is 0 Å². The van der Waals surface area contributed by atoms with Gasteiger partial charge in [0.05, 0.1) is 0 Å². The van der Waals surface area contributed by atoms with Gasteiger partial charge in [0.25, 0.3) is 0 Å². The van der Waals surface area contributed by atoms with Crippen molar-refractivity contribution < 1.29 is 4.79 Å². The third-order valence-corrected chi connectivity index (χ3v) is 5.51. The number of carbonyl (C=O) groups excluding carboxylic acids is 1. The van der Waals surface area contributed by atoms with Crippen LogP contribution in [0.3, 0.4) is 0 Å². The maximum Gasteiger partial charge on any atom is 0.222 e. The lowest BCUT2D eigenvalue weighted by Gasteiger charge is -2.35. The number of likely N-dealkylation sites (tertiary alicyclic amines) is 1. The van der Waals surface area contributed by atoms with Gasteiger partial charge in [0.15, 0.2) is 4.77 Å². The van der Waals surface area contributed by atoms with Gasteiger partial charge in [-0.05, 0) is 43.3 Å². The van der Waals surface area contributed by atoms with Crippen molar-refractivity contribution in [3.8, 4) is 0 Å². The highest BCUT2D eigenvalue weighted by atomic mass is 32.1. The molecule has 1 aliphatic rings. The first-order chi connectivity index (χ1) is 10.7. The number of rotatable bonds is 4. The van der Waals surface area contributed by atoms with Crippen molar-refractivity contribution in [2.45, 2.75) is 66.3 Å². The van der Waals surface area contributed by atoms with Crippen LogP contribution in [0.25, 0.3) is 0 Å². The standard InChI is InChI=1S/C17H30N4OS/c1-6-21-15(18-19-16(21)23)13-8-7-9-20(11-13)14(22)10-12(2)17(3,4)5/h12-13H,6-11H2,1-5H3,(H,19,23)/t12-,13+/m0/s1. The molecule has 6 heteroatoms. The molecule has 0 spiro atoms. The second-order valence-electron chi connectivity index (χ2n) is 7.78. The van der Waals surface area contributed by atoms with Gasteiger partial charge < -0.3 is 9.47 Å². The third kappa shape index (κ3) is 4.22. The van der Waals surface area contributed by atoms with Crippen LogP contribution in [0.1, 0.15) is 65.6 Å². The minimum atomic E-state index is 0.162. The molecule has 5 nitrogen and oxygen atoms in total. The average molecular weight is 339 g/mol. The summed E-state index contributed by atoms with van der Waals surface area (Å²) in [5.41, 5.74) is 0.162. The normalized spacial score (nSPS) is 20.6. The van der Waals surface area contributed by atoms with Gasteiger partial charge in [-0.25, -0.2) is 0 Å². The quantitative estimate of drug-likeness (QED) is 0.851. The Kier molecular flexibility index (Phi) is 5.65. The maximum absolute atomic E-state index is 12.7. The Hall–Kier alpha value is -1.17. The molecule has 0 aromatic carbocycles. The van der Waals surface area contributed by atoms with Gasteiger partial charge in [0.2, 0.25) is 5.91 Å². The van der Waals surface area contributed by atoms with Crippen LogP contribution in [0.5, 0.6) is 0 Å². The molecule has 1 aromatic heterocycles. The molecule has 1 aromatic rings. The smallest absolute Gasteiger partial charge is 0.222 e. The number of carbonyl (C=O) groups is 1. The second-order valence-corrected chi connectivity index (χ2v) is 8.17. The van der Waals surface area contributed by atoms with Gasteiger partial charge in [0, 0.05) is 32.0 Å². The SMILES string of the molecule is CCn1c([C@@H]2CCCN(C(=O)C[C@H](C)C(C)(C)C)C2)n[nH]c1=S. The van der Waals surface area contributed by atoms with E-state index in [0.29, 0.717) is 17.1 Å². The Balaban J connectivity index is 2.06. The summed E-state index contributed by atoms with van der Waals surface area (Å²) in [6.45, 7) is 13.3. The zero-order valence-corrected chi connectivity index (χ0v) is 15.9. The molecule has 2 atom stereocenters. The van der Waals surface area contributed by atoms with Gasteiger partial charge in [-0.1, -0.05) is 27.7 Å². The lowest BCUT2D eigenvalue weighted by atomic mass is 9.80. The third-order valence-electron chi connectivity index (χ3n) is 5.20. The first kappa shape index (κ1) is 18.2. The minimum absolute atomic E-state index is 0.162. The fourth-order valence-electron chi connectivity index (χ4n) is 3.06. The van der Waals surface area contributed by atoms with Gasteiger partial charge in [-0.3, -0.25) is 9.89 Å². The average Bonchev–Trinajstić information content (AvgIpc) is 2.87. The van der Waals surface area contributed by atoms with E-state index >= 15 is 0 Å². The molecule has 0 aliphatic carbocycles. The lowest BCUT2D eigenvalue weighted by molar-refractivity contribution is -0.134. The number of piperidine rings is 1. The Morgan fingerprint density at radius 3 is 2.78 bits per heavy atom. The number of hydrogen-bond acceptors (Lipinski definition) is 3. The van der Waals surface area contributed by atoms with E-state index in [1.165, 1.54) is 0 Å². The lowest BCUT2D eigenvalue weighted by Crippen LogP contribution is -2.41. The molecule has 0 radical (unpaired) electrons. The molecule has 0 unspecified atom stereocenters. The van der Waals surface area contributed by atoms with Crippen molar-refractivity contribution in [2.75, 3.05) is 13.1 Å². The fraction of sp³-hybridized carbons (Fsp3) is 0.824. The summed E-state index contributed by atoms with van der Waals surface area (Å²) < 4.78 is 2.72. The number of nitrogens with one attached hydrogen (secondary N) is 1. The number of nitrogens with zero attached hydrogens (tertiary/aromatic N) is 3. The van der Waals surface area contributed by atoms with Crippen molar-refractivity contribution in [1.29, 1.82) is 0 Å². The Bertz CT molecular complexity index is 598. The first-order valence-corrected chi connectivity index (χ1v) is 9.07. The molecule has 0 saturated carbocycles. The van der Waals surface area contributed by atoms with E-state index in [1.54, 1.807) is 0 Å². The van der Waals surface area contributed by atoms with Crippen LogP contribution in [0, 0.1) is 16.1 Å². The van der Waals surface area contributed by atoms with Crippen molar-refractivity contribution >= 4 is 18.1 Å². The molecule has 2 heterocycles. The van der Waals surface area contributed by atoms with Crippen LogP contribution in [-0.4, -0.2) is 38.7 Å². The van der Waals surface area contributed by atoms with Crippen molar-refractivity contribution in [2.24, 2.45) is 11.3 Å². The summed E-state index contributed by atoms with van der Waals surface area (Å²) in [7, 11) is 0. The predicted molar refractivity (Wildman–Crippen MR) is 94.9 cm³/mol. The highest BCUT2D eigenvalue weighted by Gasteiger charge is 2.30. The molecule has 1 amide bonds. The Labute approximate surface area is 144 Å². The summed E-state index contributed by atoms with van der Waals surface area (Å²) in [6.07, 6.45) is 2.72. The molecule has 1 aliphatic heterocycles. The molecule has 2 rings (SSSR count). The molecule has 1 N–H and O–H groups in total. The highest BCUT2D eigenvalue weighted by molar-refractivity contribution is 7.71. The number of aromatic nitrogens is 3. The number of amides is 1. The van der Waals surface area contributed by atoms with Gasteiger partial charge in [-0.2, -0.15) is 5.10 Å². The van der Waals surface area contributed by atoms with Crippen LogP contribution >= 0.6 is 12.2 Å². The number of hydrogen-bond donors (Lipinski definition) is 1. The van der Waals surface area contributed by atoms with E-state index in [9.17, 15) is 4.79 Å². The zero-order chi connectivity index (χ0) is 17.2. The van der Waals surface area contributed by atoms with E-state index in [0.717, 1.165) is 38.3 Å². The van der Waals surface area contributed by atoms with Crippen LogP contribution in [0.2, 0.25) is 0 Å². The number of aromatic amines is 1. The van der Waals surface area contributed by atoms with Crippen molar-refractivity contribution in [1.82, 2.24) is 19.7 Å². The first-order valence-electron chi connectivity index (χ1n) is 8.67. The Morgan fingerprint density at radius 2 is 2.17 bits per heavy atom. The summed E-state index contributed by atoms with van der Waals surface area (Å²) in [6, 6.07) is 0. The van der Waals surface area contributed by atoms with Crippen LogP contribution in [-0.2, 0) is 11.3 Å². The molecule has 1 saturated heterocycles. The zero-order valence-electron chi connectivity index (χ0n) is 15.1. The summed E-state index contributed by atoms with van der Waals surface area (Å²) >= 11 is 5.28. The minimum Gasteiger partial charge on any atom is -0.342 e. The van der Waals surface area contributed by atoms with Gasteiger partial charge in [0.1, 0.15) is 5.82 Å². The maximum atomic E-state index is 12.7. The molecule has 130 valence electrons. The summed E-state index contributed by atoms with van der Waals surface area (Å²) in [5.74, 6) is 1.93.